The number of carbonyl (C=O) groups excluding carboxylic acids is 1. The fourth-order valence-electron chi connectivity index (χ4n) is 2.12. The van der Waals surface area contributed by atoms with E-state index in [2.05, 4.69) is 38.1 Å². The fraction of sp³-hybridized carbons (Fsp3) is 0.133. The zero-order chi connectivity index (χ0) is 16.4. The van der Waals surface area contributed by atoms with Gasteiger partial charge in [0.05, 0.1) is 22.0 Å². The molecule has 8 heteroatoms. The first-order valence-corrected chi connectivity index (χ1v) is 7.87. The molecule has 0 bridgehead atoms. The Labute approximate surface area is 145 Å². The lowest BCUT2D eigenvalue weighted by molar-refractivity contribution is 0.102. The minimum absolute atomic E-state index is 0.281. The van der Waals surface area contributed by atoms with Gasteiger partial charge in [-0.1, -0.05) is 18.2 Å². The second-order valence-corrected chi connectivity index (χ2v) is 6.13. The van der Waals surface area contributed by atoms with Crippen LogP contribution in [0.3, 0.4) is 0 Å². The van der Waals surface area contributed by atoms with Gasteiger partial charge in [0.25, 0.3) is 5.91 Å². The molecule has 2 aromatic heterocycles. The largest absolute Gasteiger partial charge is 0.318 e. The van der Waals surface area contributed by atoms with Gasteiger partial charge in [-0.05, 0) is 28.7 Å². The van der Waals surface area contributed by atoms with Crippen molar-refractivity contribution in [2.24, 2.45) is 7.05 Å². The van der Waals surface area contributed by atoms with Gasteiger partial charge in [0.2, 0.25) is 0 Å². The summed E-state index contributed by atoms with van der Waals surface area (Å²) in [5.41, 5.74) is 1.43. The fourth-order valence-corrected chi connectivity index (χ4v) is 2.88. The van der Waals surface area contributed by atoms with Crippen LogP contribution in [0.5, 0.6) is 0 Å². The van der Waals surface area contributed by atoms with E-state index in [-0.39, 0.29) is 11.7 Å². The summed E-state index contributed by atoms with van der Waals surface area (Å²) in [6, 6.07) is 6.52. The summed E-state index contributed by atoms with van der Waals surface area (Å²) >= 11 is 2.06. The molecule has 1 N–H and O–H groups in total. The highest BCUT2D eigenvalue weighted by Gasteiger charge is 2.15. The molecule has 3 rings (SSSR count). The van der Waals surface area contributed by atoms with E-state index in [1.807, 2.05) is 0 Å². The van der Waals surface area contributed by atoms with Crippen LogP contribution >= 0.6 is 22.6 Å². The molecule has 0 spiro atoms. The van der Waals surface area contributed by atoms with Gasteiger partial charge in [-0.15, -0.1) is 0 Å². The maximum Gasteiger partial charge on any atom is 0.277 e. The first-order chi connectivity index (χ1) is 11.0. The van der Waals surface area contributed by atoms with E-state index in [4.69, 9.17) is 0 Å². The number of aryl methyl sites for hydroxylation is 1. The number of halogens is 2. The average Bonchev–Trinajstić information content (AvgIpc) is 3.07. The number of anilines is 1. The number of nitrogens with one attached hydrogen (secondary N) is 1. The lowest BCUT2D eigenvalue weighted by Gasteiger charge is -2.03. The molecule has 0 aliphatic heterocycles. The average molecular weight is 425 g/mol. The smallest absolute Gasteiger partial charge is 0.277 e. The molecule has 0 saturated carbocycles. The summed E-state index contributed by atoms with van der Waals surface area (Å²) in [4.78, 5) is 12.2. The molecule has 3 aromatic rings. The van der Waals surface area contributed by atoms with Crippen LogP contribution in [0, 0.1) is 9.39 Å². The number of hydrogen-bond acceptors (Lipinski definition) is 3. The Morgan fingerprint density at radius 1 is 1.35 bits per heavy atom. The van der Waals surface area contributed by atoms with Crippen LogP contribution < -0.4 is 5.32 Å². The third-order valence-electron chi connectivity index (χ3n) is 3.18. The van der Waals surface area contributed by atoms with Crippen LogP contribution in [-0.4, -0.2) is 25.5 Å². The van der Waals surface area contributed by atoms with Gasteiger partial charge in [-0.3, -0.25) is 14.2 Å². The molecular weight excluding hydrogens is 412 g/mol. The number of hydrogen-bond donors (Lipinski definition) is 1. The number of aromatic nitrogens is 4. The van der Waals surface area contributed by atoms with E-state index in [9.17, 15) is 9.18 Å². The van der Waals surface area contributed by atoms with Crippen LogP contribution in [0.1, 0.15) is 16.1 Å². The molecule has 1 aromatic carbocycles. The van der Waals surface area contributed by atoms with Crippen LogP contribution in [0.2, 0.25) is 0 Å². The van der Waals surface area contributed by atoms with Crippen molar-refractivity contribution in [3.05, 3.63) is 63.5 Å². The van der Waals surface area contributed by atoms with Gasteiger partial charge in [0.15, 0.2) is 5.69 Å². The second kappa shape index (κ2) is 6.49. The monoisotopic (exact) mass is 425 g/mol. The van der Waals surface area contributed by atoms with Crippen LogP contribution in [0.25, 0.3) is 0 Å². The lowest BCUT2D eigenvalue weighted by atomic mass is 10.2. The topological polar surface area (TPSA) is 64.7 Å². The van der Waals surface area contributed by atoms with Crippen molar-refractivity contribution < 1.29 is 9.18 Å². The van der Waals surface area contributed by atoms with Crippen molar-refractivity contribution in [2.75, 3.05) is 5.32 Å². The second-order valence-electron chi connectivity index (χ2n) is 4.97. The highest BCUT2D eigenvalue weighted by Crippen LogP contribution is 2.14. The number of carbonyl (C=O) groups is 1. The Morgan fingerprint density at radius 2 is 2.13 bits per heavy atom. The van der Waals surface area contributed by atoms with Gasteiger partial charge in [-0.25, -0.2) is 4.39 Å². The molecular formula is C15H13FIN5O. The van der Waals surface area contributed by atoms with Crippen molar-refractivity contribution in [3.8, 4) is 0 Å². The zero-order valence-electron chi connectivity index (χ0n) is 12.2. The van der Waals surface area contributed by atoms with Crippen molar-refractivity contribution in [1.29, 1.82) is 0 Å². The van der Waals surface area contributed by atoms with Crippen LogP contribution in [0.4, 0.5) is 10.1 Å². The normalized spacial score (nSPS) is 10.7. The van der Waals surface area contributed by atoms with Gasteiger partial charge >= 0.3 is 0 Å². The molecule has 0 aliphatic carbocycles. The van der Waals surface area contributed by atoms with Crippen molar-refractivity contribution >= 4 is 34.2 Å². The predicted molar refractivity (Wildman–Crippen MR) is 91.6 cm³/mol. The number of benzene rings is 1. The van der Waals surface area contributed by atoms with Crippen LogP contribution in [-0.2, 0) is 13.6 Å². The maximum atomic E-state index is 13.6. The highest BCUT2D eigenvalue weighted by molar-refractivity contribution is 14.1. The predicted octanol–water partition coefficient (Wildman–Crippen LogP) is 2.66. The van der Waals surface area contributed by atoms with Gasteiger partial charge in [0, 0.05) is 25.0 Å². The summed E-state index contributed by atoms with van der Waals surface area (Å²) < 4.78 is 17.6. The quantitative estimate of drug-likeness (QED) is 0.654. The molecule has 0 aliphatic rings. The lowest BCUT2D eigenvalue weighted by Crippen LogP contribution is -2.13. The summed E-state index contributed by atoms with van der Waals surface area (Å²) in [5, 5.41) is 11.0. The molecule has 6 nitrogen and oxygen atoms in total. The number of rotatable bonds is 4. The first-order valence-electron chi connectivity index (χ1n) is 6.79. The molecule has 23 heavy (non-hydrogen) atoms. The van der Waals surface area contributed by atoms with E-state index in [0.29, 0.717) is 23.5 Å². The third kappa shape index (κ3) is 3.58. The standard InChI is InChI=1S/C15H13FIN5O/c1-21-9-13(17)14(20-21)15(23)19-11-6-18-22(8-11)7-10-4-2-3-5-12(10)16/h2-6,8-9H,7H2,1H3,(H,19,23). The summed E-state index contributed by atoms with van der Waals surface area (Å²) in [6.07, 6.45) is 4.94. The van der Waals surface area contributed by atoms with Gasteiger partial charge < -0.3 is 5.32 Å². The van der Waals surface area contributed by atoms with Gasteiger partial charge in [-0.2, -0.15) is 10.2 Å². The Balaban J connectivity index is 1.71. The number of nitrogens with zero attached hydrogens (tertiary/aromatic N) is 4. The molecule has 118 valence electrons. The van der Waals surface area contributed by atoms with E-state index in [0.717, 1.165) is 3.57 Å². The Kier molecular flexibility index (Phi) is 4.42. The van der Waals surface area contributed by atoms with E-state index < -0.39 is 0 Å². The summed E-state index contributed by atoms with van der Waals surface area (Å²) in [7, 11) is 1.76. The van der Waals surface area contributed by atoms with Crippen molar-refractivity contribution in [1.82, 2.24) is 19.6 Å². The zero-order valence-corrected chi connectivity index (χ0v) is 14.4. The summed E-state index contributed by atoms with van der Waals surface area (Å²) in [5.74, 6) is -0.586. The highest BCUT2D eigenvalue weighted by atomic mass is 127. The van der Waals surface area contributed by atoms with E-state index >= 15 is 0 Å². The Morgan fingerprint density at radius 3 is 2.83 bits per heavy atom. The SMILES string of the molecule is Cn1cc(I)c(C(=O)Nc2cnn(Cc3ccccc3F)c2)n1. The van der Waals surface area contributed by atoms with E-state index in [1.54, 1.807) is 47.0 Å². The first kappa shape index (κ1) is 15.7. The molecule has 0 saturated heterocycles. The molecule has 1 amide bonds. The third-order valence-corrected chi connectivity index (χ3v) is 3.97. The Bertz CT molecular complexity index is 857. The molecule has 2 heterocycles. The minimum atomic E-state index is -0.305. The Hall–Kier alpha value is -2.23. The molecule has 0 unspecified atom stereocenters. The van der Waals surface area contributed by atoms with E-state index in [1.165, 1.54) is 12.3 Å². The summed E-state index contributed by atoms with van der Waals surface area (Å²) in [6.45, 7) is 0.295. The van der Waals surface area contributed by atoms with Crippen molar-refractivity contribution in [3.63, 3.8) is 0 Å². The van der Waals surface area contributed by atoms with Crippen LogP contribution in [0.15, 0.2) is 42.9 Å². The van der Waals surface area contributed by atoms with Gasteiger partial charge in [0.1, 0.15) is 5.82 Å². The molecule has 0 atom stereocenters. The molecule has 0 fully saturated rings. The molecule has 0 radical (unpaired) electrons. The minimum Gasteiger partial charge on any atom is -0.318 e. The number of amides is 1. The van der Waals surface area contributed by atoms with Crippen molar-refractivity contribution in [2.45, 2.75) is 6.54 Å². The maximum absolute atomic E-state index is 13.6.